The highest BCUT2D eigenvalue weighted by molar-refractivity contribution is 6.17. The van der Waals surface area contributed by atoms with Crippen molar-refractivity contribution in [3.05, 3.63) is 59.6 Å². The molecule has 1 atom stereocenters. The van der Waals surface area contributed by atoms with Gasteiger partial charge in [-0.15, -0.1) is 18.2 Å². The highest BCUT2D eigenvalue weighted by Crippen LogP contribution is 2.53. The van der Waals surface area contributed by atoms with Gasteiger partial charge in [-0.2, -0.15) is 0 Å². The van der Waals surface area contributed by atoms with Crippen LogP contribution in [-0.4, -0.2) is 12.1 Å². The molecule has 3 rings (SSSR count). The molecule has 1 unspecified atom stereocenters. The molecule has 0 radical (unpaired) electrons. The molecular formula is C17H15ClFNO. The van der Waals surface area contributed by atoms with Crippen LogP contribution in [0.2, 0.25) is 0 Å². The van der Waals surface area contributed by atoms with Gasteiger partial charge in [0.2, 0.25) is 5.88 Å². The Balaban J connectivity index is 2.42. The maximum atomic E-state index is 14.4. The Morgan fingerprint density at radius 1 is 1.48 bits per heavy atom. The number of rotatable bonds is 3. The summed E-state index contributed by atoms with van der Waals surface area (Å²) in [6.07, 6.45) is 3.01. The summed E-state index contributed by atoms with van der Waals surface area (Å²) in [6.45, 7) is 5.93. The molecular weight excluding hydrogens is 289 g/mol. The first-order valence-electron chi connectivity index (χ1n) is 6.63. The van der Waals surface area contributed by atoms with Crippen molar-refractivity contribution in [3.63, 3.8) is 0 Å². The van der Waals surface area contributed by atoms with Crippen molar-refractivity contribution in [2.45, 2.75) is 18.2 Å². The third kappa shape index (κ3) is 1.80. The Hall–Kier alpha value is -1.87. The molecule has 0 saturated carbocycles. The maximum Gasteiger partial charge on any atom is 0.218 e. The Morgan fingerprint density at radius 3 is 2.86 bits per heavy atom. The lowest BCUT2D eigenvalue weighted by molar-refractivity contribution is 0.386. The summed E-state index contributed by atoms with van der Waals surface area (Å²) >= 11 is 5.93. The van der Waals surface area contributed by atoms with Crippen LogP contribution in [0.4, 0.5) is 4.39 Å². The van der Waals surface area contributed by atoms with Gasteiger partial charge in [0, 0.05) is 22.4 Å². The number of ether oxygens (including phenoxy) is 1. The minimum absolute atomic E-state index is 0.351. The molecule has 0 saturated heterocycles. The SMILES string of the molecule is C=CC1(C)c2cc(CCl)ccc2-c2c(F)cnc(OC)c21. The van der Waals surface area contributed by atoms with Crippen LogP contribution in [0, 0.1) is 5.82 Å². The molecule has 1 aromatic carbocycles. The zero-order valence-corrected chi connectivity index (χ0v) is 12.7. The number of pyridine rings is 1. The van der Waals surface area contributed by atoms with Gasteiger partial charge in [0.15, 0.2) is 0 Å². The Kier molecular flexibility index (Phi) is 3.25. The van der Waals surface area contributed by atoms with Crippen molar-refractivity contribution in [2.24, 2.45) is 0 Å². The molecule has 1 aromatic heterocycles. The second kappa shape index (κ2) is 4.85. The van der Waals surface area contributed by atoms with E-state index in [0.29, 0.717) is 17.3 Å². The first-order valence-corrected chi connectivity index (χ1v) is 7.16. The van der Waals surface area contributed by atoms with Gasteiger partial charge in [0.05, 0.1) is 13.3 Å². The lowest BCUT2D eigenvalue weighted by atomic mass is 9.80. The fraction of sp³-hybridized carbons (Fsp3) is 0.235. The van der Waals surface area contributed by atoms with Gasteiger partial charge in [0.1, 0.15) is 5.82 Å². The van der Waals surface area contributed by atoms with Crippen molar-refractivity contribution in [2.75, 3.05) is 7.11 Å². The Labute approximate surface area is 128 Å². The average molecular weight is 304 g/mol. The summed E-state index contributed by atoms with van der Waals surface area (Å²) < 4.78 is 19.7. The van der Waals surface area contributed by atoms with Crippen LogP contribution in [0.25, 0.3) is 11.1 Å². The second-order valence-electron chi connectivity index (χ2n) is 5.29. The second-order valence-corrected chi connectivity index (χ2v) is 5.55. The lowest BCUT2D eigenvalue weighted by Crippen LogP contribution is -2.18. The normalized spacial score (nSPS) is 19.0. The van der Waals surface area contributed by atoms with Crippen molar-refractivity contribution in [1.29, 1.82) is 0 Å². The molecule has 21 heavy (non-hydrogen) atoms. The predicted octanol–water partition coefficient (Wildman–Crippen LogP) is 4.44. The van der Waals surface area contributed by atoms with Crippen LogP contribution in [0.1, 0.15) is 23.6 Å². The van der Waals surface area contributed by atoms with E-state index in [1.807, 2.05) is 25.1 Å². The van der Waals surface area contributed by atoms with E-state index in [0.717, 1.165) is 22.3 Å². The number of aromatic nitrogens is 1. The number of halogens is 2. The molecule has 0 spiro atoms. The van der Waals surface area contributed by atoms with E-state index in [1.54, 1.807) is 6.08 Å². The quantitative estimate of drug-likeness (QED) is 0.618. The number of fused-ring (bicyclic) bond motifs is 3. The summed E-state index contributed by atoms with van der Waals surface area (Å²) in [6, 6.07) is 5.82. The summed E-state index contributed by atoms with van der Waals surface area (Å²) in [7, 11) is 1.54. The van der Waals surface area contributed by atoms with Gasteiger partial charge in [-0.1, -0.05) is 24.3 Å². The number of hydrogen-bond acceptors (Lipinski definition) is 2. The summed E-state index contributed by atoms with van der Waals surface area (Å²) in [5.41, 5.74) is 3.54. The van der Waals surface area contributed by atoms with Crippen molar-refractivity contribution >= 4 is 11.6 Å². The van der Waals surface area contributed by atoms with Gasteiger partial charge in [-0.25, -0.2) is 9.37 Å². The first kappa shape index (κ1) is 14.1. The topological polar surface area (TPSA) is 22.1 Å². The molecule has 1 aliphatic carbocycles. The largest absolute Gasteiger partial charge is 0.481 e. The molecule has 2 nitrogen and oxygen atoms in total. The zero-order chi connectivity index (χ0) is 15.2. The van der Waals surface area contributed by atoms with Gasteiger partial charge in [-0.3, -0.25) is 0 Å². The molecule has 108 valence electrons. The van der Waals surface area contributed by atoms with Crippen LogP contribution in [0.3, 0.4) is 0 Å². The van der Waals surface area contributed by atoms with Crippen LogP contribution in [0.5, 0.6) is 5.88 Å². The summed E-state index contributed by atoms with van der Waals surface area (Å²) in [4.78, 5) is 4.07. The molecule has 0 fully saturated rings. The van der Waals surface area contributed by atoms with Crippen molar-refractivity contribution in [1.82, 2.24) is 4.98 Å². The molecule has 2 aromatic rings. The Morgan fingerprint density at radius 2 is 2.24 bits per heavy atom. The van der Waals surface area contributed by atoms with Gasteiger partial charge < -0.3 is 4.74 Å². The van der Waals surface area contributed by atoms with Crippen molar-refractivity contribution in [3.8, 4) is 17.0 Å². The zero-order valence-electron chi connectivity index (χ0n) is 11.9. The molecule has 0 aliphatic heterocycles. The maximum absolute atomic E-state index is 14.4. The van der Waals surface area contributed by atoms with Gasteiger partial charge >= 0.3 is 0 Å². The highest BCUT2D eigenvalue weighted by Gasteiger charge is 2.42. The monoisotopic (exact) mass is 303 g/mol. The molecule has 4 heteroatoms. The number of hydrogen-bond donors (Lipinski definition) is 0. The van der Waals surface area contributed by atoms with E-state index in [9.17, 15) is 4.39 Å². The molecule has 1 heterocycles. The van der Waals surface area contributed by atoms with E-state index < -0.39 is 5.41 Å². The molecule has 0 bridgehead atoms. The van der Waals surface area contributed by atoms with E-state index in [1.165, 1.54) is 13.3 Å². The predicted molar refractivity (Wildman–Crippen MR) is 82.4 cm³/mol. The number of nitrogens with zero attached hydrogens (tertiary/aromatic N) is 1. The minimum atomic E-state index is -0.548. The highest BCUT2D eigenvalue weighted by atomic mass is 35.5. The Bertz CT molecular complexity index is 744. The van der Waals surface area contributed by atoms with E-state index >= 15 is 0 Å². The fourth-order valence-corrected chi connectivity index (χ4v) is 3.21. The third-order valence-electron chi connectivity index (χ3n) is 4.19. The van der Waals surface area contributed by atoms with Gasteiger partial charge in [0.25, 0.3) is 0 Å². The summed E-state index contributed by atoms with van der Waals surface area (Å²) in [5, 5.41) is 0. The summed E-state index contributed by atoms with van der Waals surface area (Å²) in [5.74, 6) is 0.489. The number of alkyl halides is 1. The van der Waals surface area contributed by atoms with E-state index in [-0.39, 0.29) is 5.82 Å². The fourth-order valence-electron chi connectivity index (χ4n) is 3.04. The third-order valence-corrected chi connectivity index (χ3v) is 4.49. The standard InChI is InChI=1S/C17H15ClFNO/c1-4-17(2)12-7-10(8-18)5-6-11(12)14-13(19)9-20-16(21-3)15(14)17/h4-7,9H,1,8H2,2-3H3. The minimum Gasteiger partial charge on any atom is -0.481 e. The number of benzene rings is 1. The first-order chi connectivity index (χ1) is 10.1. The molecule has 0 N–H and O–H groups in total. The van der Waals surface area contributed by atoms with Crippen LogP contribution >= 0.6 is 11.6 Å². The van der Waals surface area contributed by atoms with Crippen LogP contribution < -0.4 is 4.74 Å². The van der Waals surface area contributed by atoms with Crippen LogP contribution in [0.15, 0.2) is 37.1 Å². The number of allylic oxidation sites excluding steroid dienone is 1. The lowest BCUT2D eigenvalue weighted by Gasteiger charge is -2.24. The van der Waals surface area contributed by atoms with Crippen molar-refractivity contribution < 1.29 is 9.13 Å². The van der Waals surface area contributed by atoms with E-state index in [4.69, 9.17) is 16.3 Å². The average Bonchev–Trinajstić information content (AvgIpc) is 2.79. The van der Waals surface area contributed by atoms with E-state index in [2.05, 4.69) is 11.6 Å². The molecule has 0 amide bonds. The van der Waals surface area contributed by atoms with Gasteiger partial charge in [-0.05, 0) is 23.6 Å². The van der Waals surface area contributed by atoms with Crippen LogP contribution in [-0.2, 0) is 11.3 Å². The number of methoxy groups -OCH3 is 1. The smallest absolute Gasteiger partial charge is 0.218 e. The molecule has 1 aliphatic rings.